The van der Waals surface area contributed by atoms with Crippen LogP contribution < -0.4 is 14.2 Å². The minimum Gasteiger partial charge on any atom is -0.497 e. The number of methoxy groups -OCH3 is 1. The number of benzene rings is 2. The van der Waals surface area contributed by atoms with Crippen LogP contribution in [0.1, 0.15) is 29.3 Å². The average molecular weight is 417 g/mol. The lowest BCUT2D eigenvalue weighted by molar-refractivity contribution is 0.0279. The Kier molecular flexibility index (Phi) is 5.26. The summed E-state index contributed by atoms with van der Waals surface area (Å²) >= 11 is 6.18. The van der Waals surface area contributed by atoms with Crippen LogP contribution >= 0.6 is 11.6 Å². The van der Waals surface area contributed by atoms with Crippen molar-refractivity contribution < 1.29 is 28.2 Å². The molecular weight excluding hydrogens is 400 g/mol. The fraction of sp³-hybridized carbons (Fsp3) is 0.250. The summed E-state index contributed by atoms with van der Waals surface area (Å²) in [5.74, 6) is 1.43. The molecule has 0 aliphatic carbocycles. The largest absolute Gasteiger partial charge is 0.497 e. The molecule has 0 fully saturated rings. The predicted molar refractivity (Wildman–Crippen MR) is 103 cm³/mol. The Bertz CT molecular complexity index is 1030. The van der Waals surface area contributed by atoms with Gasteiger partial charge in [-0.25, -0.2) is 4.79 Å². The maximum Gasteiger partial charge on any atom is 0.339 e. The number of ether oxygens (including phenoxy) is 4. The molecule has 1 atom stereocenters. The molecule has 0 saturated heterocycles. The number of hydrogen-bond donors (Lipinski definition) is 0. The first-order chi connectivity index (χ1) is 14.0. The summed E-state index contributed by atoms with van der Waals surface area (Å²) in [6.07, 6.45) is -0.756. The van der Waals surface area contributed by atoms with Gasteiger partial charge >= 0.3 is 5.97 Å². The molecule has 9 heteroatoms. The van der Waals surface area contributed by atoms with Crippen LogP contribution in [0.15, 0.2) is 40.8 Å². The zero-order chi connectivity index (χ0) is 20.4. The monoisotopic (exact) mass is 416 g/mol. The number of nitrogens with zero attached hydrogens (tertiary/aromatic N) is 2. The summed E-state index contributed by atoms with van der Waals surface area (Å²) in [4.78, 5) is 12.5. The summed E-state index contributed by atoms with van der Waals surface area (Å²) in [6.45, 7) is 2.43. The Hall–Kier alpha value is -3.26. The normalized spacial score (nSPS) is 13.6. The second-order valence-electron chi connectivity index (χ2n) is 6.20. The van der Waals surface area contributed by atoms with E-state index in [0.717, 1.165) is 5.56 Å². The van der Waals surface area contributed by atoms with Gasteiger partial charge < -0.3 is 23.4 Å². The average Bonchev–Trinajstić information content (AvgIpc) is 3.24. The summed E-state index contributed by atoms with van der Waals surface area (Å²) in [7, 11) is 1.59. The highest BCUT2D eigenvalue weighted by atomic mass is 35.5. The zero-order valence-electron chi connectivity index (χ0n) is 15.7. The van der Waals surface area contributed by atoms with Crippen molar-refractivity contribution >= 4 is 17.6 Å². The van der Waals surface area contributed by atoms with Gasteiger partial charge in [-0.1, -0.05) is 11.6 Å². The molecule has 1 aromatic heterocycles. The fourth-order valence-electron chi connectivity index (χ4n) is 2.76. The number of hydrogen-bond acceptors (Lipinski definition) is 8. The molecule has 1 aliphatic rings. The minimum absolute atomic E-state index is 0.174. The van der Waals surface area contributed by atoms with E-state index in [-0.39, 0.29) is 16.5 Å². The number of fused-ring (bicyclic) bond motifs is 1. The van der Waals surface area contributed by atoms with Gasteiger partial charge in [0, 0.05) is 5.56 Å². The molecular formula is C20H17ClN2O6. The van der Waals surface area contributed by atoms with Gasteiger partial charge in [-0.2, -0.15) is 0 Å². The summed E-state index contributed by atoms with van der Waals surface area (Å²) in [5.41, 5.74) is 0.961. The first-order valence-corrected chi connectivity index (χ1v) is 9.21. The molecule has 29 heavy (non-hydrogen) atoms. The SMILES string of the molecule is COc1ccc(-c2nnc([C@H](C)OC(=O)c3cc(Cl)c4c(c3)OCCO4)o2)cc1. The van der Waals surface area contributed by atoms with Crippen molar-refractivity contribution in [2.75, 3.05) is 20.3 Å². The van der Waals surface area contributed by atoms with Crippen molar-refractivity contribution in [1.29, 1.82) is 0 Å². The van der Waals surface area contributed by atoms with Crippen molar-refractivity contribution in [2.45, 2.75) is 13.0 Å². The van der Waals surface area contributed by atoms with Crippen LogP contribution in [0, 0.1) is 0 Å². The summed E-state index contributed by atoms with van der Waals surface area (Å²) in [6, 6.07) is 10.2. The maximum atomic E-state index is 12.5. The van der Waals surface area contributed by atoms with Crippen molar-refractivity contribution in [3.63, 3.8) is 0 Å². The molecule has 0 saturated carbocycles. The molecule has 1 aliphatic heterocycles. The standard InChI is InChI=1S/C20H17ClN2O6/c1-11(18-22-23-19(29-18)12-3-5-14(25-2)6-4-12)28-20(24)13-9-15(21)17-16(10-13)26-7-8-27-17/h3-6,9-11H,7-8H2,1-2H3/t11-/m0/s1. The van der Waals surface area contributed by atoms with Gasteiger partial charge in [0.25, 0.3) is 5.89 Å². The quantitative estimate of drug-likeness (QED) is 0.574. The van der Waals surface area contributed by atoms with E-state index in [0.29, 0.717) is 36.4 Å². The first kappa shape index (κ1) is 19.1. The van der Waals surface area contributed by atoms with E-state index in [9.17, 15) is 4.79 Å². The lowest BCUT2D eigenvalue weighted by Gasteiger charge is -2.20. The Balaban J connectivity index is 1.48. The molecule has 0 radical (unpaired) electrons. The smallest absolute Gasteiger partial charge is 0.339 e. The summed E-state index contributed by atoms with van der Waals surface area (Å²) in [5, 5.41) is 8.26. The number of halogens is 1. The molecule has 0 spiro atoms. The molecule has 0 bridgehead atoms. The fourth-order valence-corrected chi connectivity index (χ4v) is 3.02. The first-order valence-electron chi connectivity index (χ1n) is 8.83. The second-order valence-corrected chi connectivity index (χ2v) is 6.61. The Morgan fingerprint density at radius 2 is 1.90 bits per heavy atom. The third kappa shape index (κ3) is 3.97. The van der Waals surface area contributed by atoms with E-state index in [1.807, 2.05) is 0 Å². The van der Waals surface area contributed by atoms with Gasteiger partial charge in [0.15, 0.2) is 17.6 Å². The number of rotatable bonds is 5. The zero-order valence-corrected chi connectivity index (χ0v) is 16.4. The van der Waals surface area contributed by atoms with Gasteiger partial charge in [-0.05, 0) is 43.3 Å². The van der Waals surface area contributed by atoms with Crippen molar-refractivity contribution in [3.05, 3.63) is 52.9 Å². The van der Waals surface area contributed by atoms with Crippen molar-refractivity contribution in [1.82, 2.24) is 10.2 Å². The molecule has 0 amide bonds. The molecule has 150 valence electrons. The maximum absolute atomic E-state index is 12.5. The third-order valence-corrected chi connectivity index (χ3v) is 4.52. The minimum atomic E-state index is -0.756. The molecule has 2 heterocycles. The number of carbonyl (C=O) groups is 1. The van der Waals surface area contributed by atoms with Gasteiger partial charge in [0.1, 0.15) is 19.0 Å². The van der Waals surface area contributed by atoms with E-state index in [2.05, 4.69) is 10.2 Å². The molecule has 0 unspecified atom stereocenters. The van der Waals surface area contributed by atoms with Gasteiger partial charge in [-0.3, -0.25) is 0 Å². The van der Waals surface area contributed by atoms with Crippen LogP contribution in [0.3, 0.4) is 0 Å². The van der Waals surface area contributed by atoms with Crippen molar-refractivity contribution in [2.24, 2.45) is 0 Å². The Morgan fingerprint density at radius 1 is 1.14 bits per heavy atom. The van der Waals surface area contributed by atoms with E-state index in [1.54, 1.807) is 38.3 Å². The number of carbonyl (C=O) groups excluding carboxylic acids is 1. The lowest BCUT2D eigenvalue weighted by Crippen LogP contribution is -2.17. The molecule has 4 rings (SSSR count). The highest BCUT2D eigenvalue weighted by molar-refractivity contribution is 6.32. The number of esters is 1. The second kappa shape index (κ2) is 8.00. The van der Waals surface area contributed by atoms with Crippen LogP contribution in [0.4, 0.5) is 0 Å². The van der Waals surface area contributed by atoms with Gasteiger partial charge in [0.05, 0.1) is 17.7 Å². The number of aromatic nitrogens is 2. The van der Waals surface area contributed by atoms with E-state index < -0.39 is 12.1 Å². The van der Waals surface area contributed by atoms with Crippen LogP contribution in [0.5, 0.6) is 17.2 Å². The van der Waals surface area contributed by atoms with E-state index in [1.165, 1.54) is 12.1 Å². The molecule has 8 nitrogen and oxygen atoms in total. The van der Waals surface area contributed by atoms with Gasteiger partial charge in [-0.15, -0.1) is 10.2 Å². The predicted octanol–water partition coefficient (Wildman–Crippen LogP) is 4.09. The lowest BCUT2D eigenvalue weighted by atomic mass is 10.2. The van der Waals surface area contributed by atoms with E-state index in [4.69, 9.17) is 35.0 Å². The van der Waals surface area contributed by atoms with Crippen LogP contribution in [-0.4, -0.2) is 36.5 Å². The van der Waals surface area contributed by atoms with Gasteiger partial charge in [0.2, 0.25) is 5.89 Å². The van der Waals surface area contributed by atoms with E-state index >= 15 is 0 Å². The third-order valence-electron chi connectivity index (χ3n) is 4.24. The highest BCUT2D eigenvalue weighted by Gasteiger charge is 2.23. The Morgan fingerprint density at radius 3 is 2.66 bits per heavy atom. The molecule has 3 aromatic rings. The van der Waals surface area contributed by atoms with Crippen LogP contribution in [-0.2, 0) is 4.74 Å². The Labute approximate surface area is 171 Å². The van der Waals surface area contributed by atoms with Crippen molar-refractivity contribution in [3.8, 4) is 28.7 Å². The molecule has 2 aromatic carbocycles. The van der Waals surface area contributed by atoms with Crippen LogP contribution in [0.25, 0.3) is 11.5 Å². The topological polar surface area (TPSA) is 92.9 Å². The summed E-state index contributed by atoms with van der Waals surface area (Å²) < 4.78 is 27.2. The molecule has 0 N–H and O–H groups in total. The van der Waals surface area contributed by atoms with Crippen LogP contribution in [0.2, 0.25) is 5.02 Å². The highest BCUT2D eigenvalue weighted by Crippen LogP contribution is 2.38.